The van der Waals surface area contributed by atoms with Gasteiger partial charge >= 0.3 is 0 Å². The fourth-order valence-electron chi connectivity index (χ4n) is 1.62. The lowest BCUT2D eigenvalue weighted by Crippen LogP contribution is -2.30. The lowest BCUT2D eigenvalue weighted by atomic mass is 10.2. The topological polar surface area (TPSA) is 27.0 Å². The van der Waals surface area contributed by atoms with Crippen LogP contribution in [0.1, 0.15) is 26.3 Å². The zero-order valence-electron chi connectivity index (χ0n) is 9.29. The average Bonchev–Trinajstić information content (AvgIpc) is 2.18. The second-order valence-corrected chi connectivity index (χ2v) is 4.51. The summed E-state index contributed by atoms with van der Waals surface area (Å²) in [7, 11) is 0. The molecular weight excluding hydrogens is 252 g/mol. The van der Waals surface area contributed by atoms with E-state index >= 15 is 0 Å². The lowest BCUT2D eigenvalue weighted by molar-refractivity contribution is 0.703. The second-order valence-electron chi connectivity index (χ2n) is 3.66. The molecule has 0 atom stereocenters. The van der Waals surface area contributed by atoms with E-state index in [0.717, 1.165) is 16.7 Å². The van der Waals surface area contributed by atoms with Gasteiger partial charge in [0.15, 0.2) is 0 Å². The molecule has 1 aromatic rings. The van der Waals surface area contributed by atoms with Crippen molar-refractivity contribution in [3.8, 4) is 6.07 Å². The van der Waals surface area contributed by atoms with Crippen LogP contribution in [0, 0.1) is 11.3 Å². The molecule has 80 valence electrons. The summed E-state index contributed by atoms with van der Waals surface area (Å²) in [5, 5.41) is 8.82. The smallest absolute Gasteiger partial charge is 0.100 e. The fourth-order valence-corrected chi connectivity index (χ4v) is 2.07. The van der Waals surface area contributed by atoms with Crippen LogP contribution in [0.4, 0.5) is 5.69 Å². The van der Waals surface area contributed by atoms with Crippen LogP contribution in [0.5, 0.6) is 0 Å². The van der Waals surface area contributed by atoms with Crippen molar-refractivity contribution in [2.45, 2.75) is 26.8 Å². The molecule has 1 rings (SSSR count). The largest absolute Gasteiger partial charge is 0.369 e. The molecule has 0 amide bonds. The van der Waals surface area contributed by atoms with Crippen LogP contribution < -0.4 is 4.90 Å². The average molecular weight is 267 g/mol. The first-order valence-electron chi connectivity index (χ1n) is 5.06. The number of hydrogen-bond donors (Lipinski definition) is 0. The predicted molar refractivity (Wildman–Crippen MR) is 67.0 cm³/mol. The van der Waals surface area contributed by atoms with Gasteiger partial charge in [0.25, 0.3) is 0 Å². The zero-order chi connectivity index (χ0) is 11.4. The van der Waals surface area contributed by atoms with E-state index in [1.54, 1.807) is 0 Å². The van der Waals surface area contributed by atoms with Gasteiger partial charge in [-0.05, 0) is 54.9 Å². The van der Waals surface area contributed by atoms with Crippen LogP contribution in [0.15, 0.2) is 22.7 Å². The van der Waals surface area contributed by atoms with Crippen LogP contribution in [0.2, 0.25) is 0 Å². The van der Waals surface area contributed by atoms with E-state index in [4.69, 9.17) is 5.26 Å². The molecule has 0 fully saturated rings. The van der Waals surface area contributed by atoms with Crippen molar-refractivity contribution in [1.29, 1.82) is 5.26 Å². The van der Waals surface area contributed by atoms with E-state index in [-0.39, 0.29) is 0 Å². The van der Waals surface area contributed by atoms with E-state index in [1.165, 1.54) is 0 Å². The first-order valence-corrected chi connectivity index (χ1v) is 5.85. The Labute approximate surface area is 99.6 Å². The van der Waals surface area contributed by atoms with Gasteiger partial charge in [-0.25, -0.2) is 0 Å². The van der Waals surface area contributed by atoms with Crippen molar-refractivity contribution in [2.24, 2.45) is 0 Å². The third-order valence-corrected chi connectivity index (χ3v) is 3.02. The van der Waals surface area contributed by atoms with Gasteiger partial charge < -0.3 is 4.90 Å². The second kappa shape index (κ2) is 5.18. The standard InChI is InChI=1S/C12H15BrN2/c1-4-15(9(2)3)11-6-5-10(8-14)12(13)7-11/h5-7,9H,4H2,1-3H3. The summed E-state index contributed by atoms with van der Waals surface area (Å²) in [5.41, 5.74) is 1.83. The van der Waals surface area contributed by atoms with E-state index in [9.17, 15) is 0 Å². The van der Waals surface area contributed by atoms with Gasteiger partial charge in [-0.15, -0.1) is 0 Å². The molecule has 0 aliphatic heterocycles. The van der Waals surface area contributed by atoms with Crippen LogP contribution in [-0.2, 0) is 0 Å². The van der Waals surface area contributed by atoms with Crippen molar-refractivity contribution >= 4 is 21.6 Å². The molecule has 0 aliphatic rings. The molecule has 0 N–H and O–H groups in total. The summed E-state index contributed by atoms with van der Waals surface area (Å²) in [6, 6.07) is 8.46. The van der Waals surface area contributed by atoms with Crippen LogP contribution in [0.3, 0.4) is 0 Å². The SMILES string of the molecule is CCN(c1ccc(C#N)c(Br)c1)C(C)C. The molecular formula is C12H15BrN2. The molecule has 0 heterocycles. The minimum atomic E-state index is 0.467. The molecule has 0 unspecified atom stereocenters. The molecule has 1 aromatic carbocycles. The molecule has 0 saturated heterocycles. The number of benzene rings is 1. The van der Waals surface area contributed by atoms with Crippen molar-refractivity contribution < 1.29 is 0 Å². The minimum absolute atomic E-state index is 0.467. The van der Waals surface area contributed by atoms with Crippen molar-refractivity contribution in [1.82, 2.24) is 0 Å². The Bertz CT molecular complexity index is 380. The summed E-state index contributed by atoms with van der Waals surface area (Å²) < 4.78 is 0.863. The summed E-state index contributed by atoms with van der Waals surface area (Å²) in [4.78, 5) is 2.28. The van der Waals surface area contributed by atoms with Gasteiger partial charge in [0.2, 0.25) is 0 Å². The number of nitriles is 1. The zero-order valence-corrected chi connectivity index (χ0v) is 10.9. The first-order chi connectivity index (χ1) is 7.10. The highest BCUT2D eigenvalue weighted by Crippen LogP contribution is 2.24. The summed E-state index contributed by atoms with van der Waals surface area (Å²) in [5.74, 6) is 0. The minimum Gasteiger partial charge on any atom is -0.369 e. The lowest BCUT2D eigenvalue weighted by Gasteiger charge is -2.27. The molecule has 0 radical (unpaired) electrons. The third-order valence-electron chi connectivity index (χ3n) is 2.37. The quantitative estimate of drug-likeness (QED) is 0.837. The summed E-state index contributed by atoms with van der Waals surface area (Å²) in [6.45, 7) is 7.42. The Balaban J connectivity index is 3.06. The Morgan fingerprint density at radius 3 is 2.53 bits per heavy atom. The molecule has 2 nitrogen and oxygen atoms in total. The molecule has 0 aliphatic carbocycles. The third kappa shape index (κ3) is 2.73. The molecule has 0 spiro atoms. The molecule has 0 saturated carbocycles. The van der Waals surface area contributed by atoms with Crippen LogP contribution in [0.25, 0.3) is 0 Å². The molecule has 15 heavy (non-hydrogen) atoms. The maximum Gasteiger partial charge on any atom is 0.100 e. The highest BCUT2D eigenvalue weighted by atomic mass is 79.9. The van der Waals surface area contributed by atoms with Crippen molar-refractivity contribution in [3.05, 3.63) is 28.2 Å². The Kier molecular flexibility index (Phi) is 4.16. The highest BCUT2D eigenvalue weighted by molar-refractivity contribution is 9.10. The number of rotatable bonds is 3. The molecule has 3 heteroatoms. The Morgan fingerprint density at radius 1 is 1.47 bits per heavy atom. The normalized spacial score (nSPS) is 10.1. The highest BCUT2D eigenvalue weighted by Gasteiger charge is 2.09. The Hall–Kier alpha value is -1.01. The first kappa shape index (κ1) is 12.1. The predicted octanol–water partition coefficient (Wildman–Crippen LogP) is 3.56. The van der Waals surface area contributed by atoms with Crippen molar-refractivity contribution in [2.75, 3.05) is 11.4 Å². The van der Waals surface area contributed by atoms with Gasteiger partial charge in [0.05, 0.1) is 5.56 Å². The van der Waals surface area contributed by atoms with Crippen LogP contribution >= 0.6 is 15.9 Å². The van der Waals surface area contributed by atoms with E-state index in [2.05, 4.69) is 47.7 Å². The molecule has 0 aromatic heterocycles. The summed E-state index contributed by atoms with van der Waals surface area (Å²) >= 11 is 3.40. The van der Waals surface area contributed by atoms with Crippen molar-refractivity contribution in [3.63, 3.8) is 0 Å². The molecule has 0 bridgehead atoms. The van der Waals surface area contributed by atoms with Gasteiger partial charge in [-0.1, -0.05) is 0 Å². The van der Waals surface area contributed by atoms with Gasteiger partial charge in [0, 0.05) is 22.7 Å². The fraction of sp³-hybridized carbons (Fsp3) is 0.417. The van der Waals surface area contributed by atoms with Crippen LogP contribution in [-0.4, -0.2) is 12.6 Å². The number of anilines is 1. The van der Waals surface area contributed by atoms with Gasteiger partial charge in [-0.2, -0.15) is 5.26 Å². The number of hydrogen-bond acceptors (Lipinski definition) is 2. The number of nitrogens with zero attached hydrogens (tertiary/aromatic N) is 2. The summed E-state index contributed by atoms with van der Waals surface area (Å²) in [6.07, 6.45) is 0. The monoisotopic (exact) mass is 266 g/mol. The Morgan fingerprint density at radius 2 is 2.13 bits per heavy atom. The van der Waals surface area contributed by atoms with Gasteiger partial charge in [0.1, 0.15) is 6.07 Å². The maximum atomic E-state index is 8.82. The van der Waals surface area contributed by atoms with E-state index in [0.29, 0.717) is 11.6 Å². The van der Waals surface area contributed by atoms with E-state index < -0.39 is 0 Å². The maximum absolute atomic E-state index is 8.82. The van der Waals surface area contributed by atoms with E-state index in [1.807, 2.05) is 18.2 Å². The van der Waals surface area contributed by atoms with Gasteiger partial charge in [-0.3, -0.25) is 0 Å². The number of halogens is 1.